The Balaban J connectivity index is 1.87. The van der Waals surface area contributed by atoms with E-state index in [4.69, 9.17) is 4.74 Å². The van der Waals surface area contributed by atoms with E-state index in [1.165, 1.54) is 25.7 Å². The monoisotopic (exact) mass is 247 g/mol. The van der Waals surface area contributed by atoms with Crippen LogP contribution >= 0.6 is 0 Å². The van der Waals surface area contributed by atoms with Crippen molar-refractivity contribution >= 4 is 11.6 Å². The smallest absolute Gasteiger partial charge is 0.224 e. The molecule has 0 radical (unpaired) electrons. The van der Waals surface area contributed by atoms with Crippen LogP contribution in [0.4, 0.5) is 5.69 Å². The number of carbonyl (C=O) groups is 1. The Bertz CT molecular complexity index is 397. The molecule has 0 atom stereocenters. The lowest BCUT2D eigenvalue weighted by Gasteiger charge is -2.10. The van der Waals surface area contributed by atoms with E-state index < -0.39 is 0 Å². The fourth-order valence-corrected chi connectivity index (χ4v) is 2.52. The van der Waals surface area contributed by atoms with Crippen LogP contribution in [0.15, 0.2) is 24.3 Å². The molecular weight excluding hydrogens is 226 g/mol. The molecular formula is C15H21NO2. The maximum absolute atomic E-state index is 11.9. The fourth-order valence-electron chi connectivity index (χ4n) is 2.52. The Hall–Kier alpha value is -1.51. The SMILES string of the molecule is CCOc1cccc(NC(=O)CC2CCCC2)c1. The van der Waals surface area contributed by atoms with Crippen molar-refractivity contribution in [1.29, 1.82) is 0 Å². The Morgan fingerprint density at radius 1 is 1.39 bits per heavy atom. The highest BCUT2D eigenvalue weighted by atomic mass is 16.5. The molecule has 1 aromatic carbocycles. The van der Waals surface area contributed by atoms with Gasteiger partial charge in [-0.3, -0.25) is 4.79 Å². The molecule has 0 aromatic heterocycles. The summed E-state index contributed by atoms with van der Waals surface area (Å²) in [6, 6.07) is 7.57. The molecule has 1 N–H and O–H groups in total. The van der Waals surface area contributed by atoms with Gasteiger partial charge >= 0.3 is 0 Å². The van der Waals surface area contributed by atoms with Crippen molar-refractivity contribution in [2.45, 2.75) is 39.0 Å². The van der Waals surface area contributed by atoms with Crippen molar-refractivity contribution in [1.82, 2.24) is 0 Å². The van der Waals surface area contributed by atoms with Crippen LogP contribution in [-0.2, 0) is 4.79 Å². The van der Waals surface area contributed by atoms with E-state index in [2.05, 4.69) is 5.32 Å². The van der Waals surface area contributed by atoms with Gasteiger partial charge in [0.25, 0.3) is 0 Å². The zero-order chi connectivity index (χ0) is 12.8. The first-order valence-electron chi connectivity index (χ1n) is 6.80. The quantitative estimate of drug-likeness (QED) is 0.863. The number of amides is 1. The molecule has 1 aliphatic rings. The molecule has 1 fully saturated rings. The maximum Gasteiger partial charge on any atom is 0.224 e. The number of benzene rings is 1. The summed E-state index contributed by atoms with van der Waals surface area (Å²) in [6.45, 7) is 2.59. The number of rotatable bonds is 5. The van der Waals surface area contributed by atoms with Crippen LogP contribution in [0.25, 0.3) is 0 Å². The van der Waals surface area contributed by atoms with Gasteiger partial charge < -0.3 is 10.1 Å². The molecule has 1 aromatic rings. The van der Waals surface area contributed by atoms with Gasteiger partial charge in [0.2, 0.25) is 5.91 Å². The van der Waals surface area contributed by atoms with Gasteiger partial charge in [-0.1, -0.05) is 18.9 Å². The van der Waals surface area contributed by atoms with Crippen LogP contribution in [0.1, 0.15) is 39.0 Å². The molecule has 1 aliphatic carbocycles. The van der Waals surface area contributed by atoms with Gasteiger partial charge in [0.1, 0.15) is 5.75 Å². The van der Waals surface area contributed by atoms with E-state index in [1.807, 2.05) is 31.2 Å². The second-order valence-corrected chi connectivity index (χ2v) is 4.86. The minimum Gasteiger partial charge on any atom is -0.494 e. The Morgan fingerprint density at radius 3 is 2.89 bits per heavy atom. The predicted octanol–water partition coefficient (Wildman–Crippen LogP) is 3.60. The lowest BCUT2D eigenvalue weighted by atomic mass is 10.0. The van der Waals surface area contributed by atoms with Crippen molar-refractivity contribution in [2.75, 3.05) is 11.9 Å². The zero-order valence-corrected chi connectivity index (χ0v) is 10.9. The molecule has 0 bridgehead atoms. The number of anilines is 1. The van der Waals surface area contributed by atoms with Gasteiger partial charge in [-0.15, -0.1) is 0 Å². The van der Waals surface area contributed by atoms with Crippen molar-refractivity contribution in [3.05, 3.63) is 24.3 Å². The van der Waals surface area contributed by atoms with E-state index in [0.29, 0.717) is 18.9 Å². The maximum atomic E-state index is 11.9. The highest BCUT2D eigenvalue weighted by Crippen LogP contribution is 2.28. The van der Waals surface area contributed by atoms with Crippen molar-refractivity contribution < 1.29 is 9.53 Å². The average molecular weight is 247 g/mol. The second-order valence-electron chi connectivity index (χ2n) is 4.86. The molecule has 3 nitrogen and oxygen atoms in total. The van der Waals surface area contributed by atoms with Gasteiger partial charge in [0.15, 0.2) is 0 Å². The molecule has 2 rings (SSSR count). The lowest BCUT2D eigenvalue weighted by Crippen LogP contribution is -2.15. The second kappa shape index (κ2) is 6.43. The minimum atomic E-state index is 0.121. The first-order chi connectivity index (χ1) is 8.78. The van der Waals surface area contributed by atoms with Gasteiger partial charge in [0, 0.05) is 18.2 Å². The summed E-state index contributed by atoms with van der Waals surface area (Å²) >= 11 is 0. The van der Waals surface area contributed by atoms with Gasteiger partial charge in [-0.2, -0.15) is 0 Å². The summed E-state index contributed by atoms with van der Waals surface area (Å²) in [4.78, 5) is 11.9. The first kappa shape index (κ1) is 12.9. The summed E-state index contributed by atoms with van der Waals surface area (Å²) in [6.07, 6.45) is 5.60. The number of ether oxygens (including phenoxy) is 1. The zero-order valence-electron chi connectivity index (χ0n) is 10.9. The summed E-state index contributed by atoms with van der Waals surface area (Å²) < 4.78 is 5.41. The van der Waals surface area contributed by atoms with Crippen LogP contribution in [0.3, 0.4) is 0 Å². The van der Waals surface area contributed by atoms with Gasteiger partial charge in [-0.05, 0) is 37.8 Å². The Kier molecular flexibility index (Phi) is 4.62. The normalized spacial score (nSPS) is 15.6. The number of nitrogens with one attached hydrogen (secondary N) is 1. The molecule has 0 heterocycles. The third-order valence-electron chi connectivity index (χ3n) is 3.38. The third-order valence-corrected chi connectivity index (χ3v) is 3.38. The molecule has 0 aliphatic heterocycles. The molecule has 98 valence electrons. The van der Waals surface area contributed by atoms with E-state index in [1.54, 1.807) is 0 Å². The Labute approximate surface area is 109 Å². The fraction of sp³-hybridized carbons (Fsp3) is 0.533. The lowest BCUT2D eigenvalue weighted by molar-refractivity contribution is -0.117. The van der Waals surface area contributed by atoms with Crippen molar-refractivity contribution in [2.24, 2.45) is 5.92 Å². The summed E-state index contributed by atoms with van der Waals surface area (Å²) in [5.74, 6) is 1.51. The average Bonchev–Trinajstić information content (AvgIpc) is 2.82. The van der Waals surface area contributed by atoms with E-state index >= 15 is 0 Å². The summed E-state index contributed by atoms with van der Waals surface area (Å²) in [7, 11) is 0. The topological polar surface area (TPSA) is 38.3 Å². The molecule has 0 unspecified atom stereocenters. The summed E-state index contributed by atoms with van der Waals surface area (Å²) in [5.41, 5.74) is 0.823. The highest BCUT2D eigenvalue weighted by Gasteiger charge is 2.18. The molecule has 0 spiro atoms. The van der Waals surface area contributed by atoms with Crippen LogP contribution < -0.4 is 10.1 Å². The standard InChI is InChI=1S/C15H21NO2/c1-2-18-14-9-5-8-13(11-14)16-15(17)10-12-6-3-4-7-12/h5,8-9,11-12H,2-4,6-7,10H2,1H3,(H,16,17). The van der Waals surface area contributed by atoms with Gasteiger partial charge in [-0.25, -0.2) is 0 Å². The van der Waals surface area contributed by atoms with Crippen LogP contribution in [-0.4, -0.2) is 12.5 Å². The molecule has 18 heavy (non-hydrogen) atoms. The van der Waals surface area contributed by atoms with Crippen LogP contribution in [0.5, 0.6) is 5.75 Å². The molecule has 0 saturated heterocycles. The molecule has 1 amide bonds. The minimum absolute atomic E-state index is 0.121. The van der Waals surface area contributed by atoms with Crippen LogP contribution in [0.2, 0.25) is 0 Å². The van der Waals surface area contributed by atoms with Gasteiger partial charge in [0.05, 0.1) is 6.61 Å². The van der Waals surface area contributed by atoms with E-state index in [9.17, 15) is 4.79 Å². The largest absolute Gasteiger partial charge is 0.494 e. The summed E-state index contributed by atoms with van der Waals surface area (Å²) in [5, 5.41) is 2.95. The van der Waals surface area contributed by atoms with Crippen LogP contribution in [0, 0.1) is 5.92 Å². The van der Waals surface area contributed by atoms with E-state index in [0.717, 1.165) is 11.4 Å². The molecule has 1 saturated carbocycles. The Morgan fingerprint density at radius 2 is 2.17 bits per heavy atom. The number of hydrogen-bond donors (Lipinski definition) is 1. The van der Waals surface area contributed by atoms with Crippen molar-refractivity contribution in [3.63, 3.8) is 0 Å². The molecule has 3 heteroatoms. The third kappa shape index (κ3) is 3.76. The number of carbonyl (C=O) groups excluding carboxylic acids is 1. The number of hydrogen-bond acceptors (Lipinski definition) is 2. The highest BCUT2D eigenvalue weighted by molar-refractivity contribution is 5.91. The van der Waals surface area contributed by atoms with Crippen molar-refractivity contribution in [3.8, 4) is 5.75 Å². The predicted molar refractivity (Wildman–Crippen MR) is 72.8 cm³/mol. The van der Waals surface area contributed by atoms with E-state index in [-0.39, 0.29) is 5.91 Å². The first-order valence-corrected chi connectivity index (χ1v) is 6.80.